The first-order valence-corrected chi connectivity index (χ1v) is 11.2. The summed E-state index contributed by atoms with van der Waals surface area (Å²) in [6.07, 6.45) is -5.70. The summed E-state index contributed by atoms with van der Waals surface area (Å²) in [6, 6.07) is 20.4. The predicted octanol–water partition coefficient (Wildman–Crippen LogP) is -0.708. The number of rotatable bonds is 10. The van der Waals surface area contributed by atoms with Crippen LogP contribution in [0.3, 0.4) is 0 Å². The van der Waals surface area contributed by atoms with E-state index in [2.05, 4.69) is 0 Å². The summed E-state index contributed by atoms with van der Waals surface area (Å²) in [4.78, 5) is 0. The molecule has 5 atom stereocenters. The minimum absolute atomic E-state index is 0. The van der Waals surface area contributed by atoms with E-state index >= 15 is 0 Å². The number of hydrogen-bond donors (Lipinski definition) is 0. The largest absolute Gasteiger partial charge is 1.00 e. The summed E-state index contributed by atoms with van der Waals surface area (Å²) in [6.45, 7) is 0.241. The molecular formula is C22H24LiNO8S. The van der Waals surface area contributed by atoms with Crippen molar-refractivity contribution in [2.45, 2.75) is 50.3 Å². The molecule has 0 spiro atoms. The number of nitriles is 1. The number of hydrogen-bond acceptors (Lipinski definition) is 9. The summed E-state index contributed by atoms with van der Waals surface area (Å²) in [5, 5.41) is 9.18. The minimum atomic E-state index is -5.12. The van der Waals surface area contributed by atoms with Gasteiger partial charge in [-0.3, -0.25) is 4.18 Å². The number of benzene rings is 2. The molecule has 1 fully saturated rings. The van der Waals surface area contributed by atoms with Gasteiger partial charge in [0.15, 0.2) is 6.29 Å². The van der Waals surface area contributed by atoms with Crippen molar-refractivity contribution in [1.82, 2.24) is 0 Å². The van der Waals surface area contributed by atoms with Gasteiger partial charge >= 0.3 is 18.9 Å². The van der Waals surface area contributed by atoms with Crippen LogP contribution in [-0.2, 0) is 46.7 Å². The molecule has 1 aliphatic heterocycles. The average Bonchev–Trinajstić information content (AvgIpc) is 2.78. The topological polar surface area (TPSA) is 127 Å². The zero-order valence-corrected chi connectivity index (χ0v) is 19.2. The first-order chi connectivity index (χ1) is 15.4. The molecule has 2 aromatic carbocycles. The first-order valence-electron chi connectivity index (χ1n) is 9.91. The average molecular weight is 469 g/mol. The van der Waals surface area contributed by atoms with Crippen molar-refractivity contribution < 1.29 is 55.0 Å². The summed E-state index contributed by atoms with van der Waals surface area (Å²) in [5.41, 5.74) is 1.67. The summed E-state index contributed by atoms with van der Waals surface area (Å²) >= 11 is 0. The molecule has 0 amide bonds. The van der Waals surface area contributed by atoms with Gasteiger partial charge in [-0.2, -0.15) is 5.26 Å². The van der Waals surface area contributed by atoms with Crippen LogP contribution in [0.1, 0.15) is 17.5 Å². The van der Waals surface area contributed by atoms with E-state index in [1.54, 1.807) is 0 Å². The van der Waals surface area contributed by atoms with Crippen LogP contribution in [0, 0.1) is 11.3 Å². The molecule has 0 radical (unpaired) electrons. The van der Waals surface area contributed by atoms with Crippen molar-refractivity contribution in [2.24, 2.45) is 0 Å². The summed E-state index contributed by atoms with van der Waals surface area (Å²) < 4.78 is 62.4. The Kier molecular flexibility index (Phi) is 11.0. The molecule has 33 heavy (non-hydrogen) atoms. The van der Waals surface area contributed by atoms with Gasteiger partial charge < -0.3 is 23.5 Å². The molecule has 1 heterocycles. The van der Waals surface area contributed by atoms with Gasteiger partial charge in [0.2, 0.25) is 10.4 Å². The van der Waals surface area contributed by atoms with E-state index in [0.29, 0.717) is 0 Å². The summed E-state index contributed by atoms with van der Waals surface area (Å²) in [7, 11) is -3.73. The van der Waals surface area contributed by atoms with E-state index in [0.717, 1.165) is 11.1 Å². The van der Waals surface area contributed by atoms with Crippen LogP contribution in [0.2, 0.25) is 0 Å². The Hall–Kier alpha value is -1.76. The van der Waals surface area contributed by atoms with Gasteiger partial charge in [-0.05, 0) is 11.1 Å². The Morgan fingerprint density at radius 2 is 1.45 bits per heavy atom. The molecule has 1 saturated heterocycles. The van der Waals surface area contributed by atoms with Crippen molar-refractivity contribution in [3.05, 3.63) is 71.8 Å². The molecular weight excluding hydrogens is 445 g/mol. The normalized spacial score (nSPS) is 25.1. The fourth-order valence-corrected chi connectivity index (χ4v) is 3.98. The van der Waals surface area contributed by atoms with Crippen molar-refractivity contribution in [3.8, 4) is 6.07 Å². The van der Waals surface area contributed by atoms with Crippen molar-refractivity contribution in [1.29, 1.82) is 5.26 Å². The van der Waals surface area contributed by atoms with Crippen LogP contribution >= 0.6 is 0 Å². The fourth-order valence-electron chi connectivity index (χ4n) is 3.47. The van der Waals surface area contributed by atoms with Gasteiger partial charge in [0.25, 0.3) is 0 Å². The second-order valence-electron chi connectivity index (χ2n) is 7.13. The van der Waals surface area contributed by atoms with Crippen LogP contribution in [0.4, 0.5) is 0 Å². The Labute approximate surface area is 205 Å². The molecule has 1 aliphatic rings. The van der Waals surface area contributed by atoms with Gasteiger partial charge in [-0.15, -0.1) is 0 Å². The molecule has 0 aliphatic carbocycles. The monoisotopic (exact) mass is 469 g/mol. The van der Waals surface area contributed by atoms with Crippen molar-refractivity contribution >= 4 is 10.4 Å². The SMILES string of the molecule is CO[C@H]1O[C@H](CC#N)[C@H](OS(=O)(=O)[O-])[C@H](OCc2ccccc2)[C@H]1OCc1ccccc1.[Li+]. The van der Waals surface area contributed by atoms with Gasteiger partial charge in [-0.25, -0.2) is 8.42 Å². The van der Waals surface area contributed by atoms with E-state index < -0.39 is 41.1 Å². The van der Waals surface area contributed by atoms with Gasteiger partial charge in [-0.1, -0.05) is 60.7 Å². The number of nitrogens with zero attached hydrogens (tertiary/aromatic N) is 1. The van der Waals surface area contributed by atoms with Crippen molar-refractivity contribution in [2.75, 3.05) is 7.11 Å². The maximum atomic E-state index is 11.5. The van der Waals surface area contributed by atoms with Gasteiger partial charge in [0, 0.05) is 7.11 Å². The third-order valence-corrected chi connectivity index (χ3v) is 5.37. The fraction of sp³-hybridized carbons (Fsp3) is 0.409. The zero-order chi connectivity index (χ0) is 23.0. The van der Waals surface area contributed by atoms with Crippen LogP contribution in [0.25, 0.3) is 0 Å². The Balaban J connectivity index is 0.00000385. The second-order valence-corrected chi connectivity index (χ2v) is 8.14. The molecule has 11 heteroatoms. The maximum Gasteiger partial charge on any atom is 1.00 e. The third kappa shape index (κ3) is 8.20. The standard InChI is InChI=1S/C22H25NO8S.Li/c1-27-22-21(29-15-17-10-6-3-7-11-17)20(28-14-16-8-4-2-5-9-16)19(31-32(24,25)26)18(30-22)12-13-23;/h2-11,18-22H,12,14-15H2,1H3,(H,24,25,26);/q;+1/p-1/t18-,19+,20+,21-,22+;/m1./s1. The van der Waals surface area contributed by atoms with E-state index in [-0.39, 0.29) is 38.5 Å². The molecule has 0 aromatic heterocycles. The number of methoxy groups -OCH3 is 1. The van der Waals surface area contributed by atoms with E-state index in [1.807, 2.05) is 66.7 Å². The van der Waals surface area contributed by atoms with Gasteiger partial charge in [0.1, 0.15) is 24.4 Å². The predicted molar refractivity (Wildman–Crippen MR) is 111 cm³/mol. The molecule has 0 saturated carbocycles. The molecule has 0 bridgehead atoms. The first kappa shape index (κ1) is 27.5. The van der Waals surface area contributed by atoms with Crippen molar-refractivity contribution in [3.63, 3.8) is 0 Å². The number of ether oxygens (including phenoxy) is 4. The third-order valence-electron chi connectivity index (χ3n) is 4.92. The smallest absolute Gasteiger partial charge is 0.726 e. The van der Waals surface area contributed by atoms with Crippen LogP contribution in [-0.4, -0.2) is 50.8 Å². The Bertz CT molecular complexity index is 986. The summed E-state index contributed by atoms with van der Waals surface area (Å²) in [5.74, 6) is 0. The molecule has 0 unspecified atom stereocenters. The minimum Gasteiger partial charge on any atom is -0.726 e. The second kappa shape index (κ2) is 13.2. The van der Waals surface area contributed by atoms with E-state index in [1.165, 1.54) is 7.11 Å². The molecule has 9 nitrogen and oxygen atoms in total. The van der Waals surface area contributed by atoms with Crippen LogP contribution < -0.4 is 18.9 Å². The Morgan fingerprint density at radius 1 is 0.939 bits per heavy atom. The molecule has 0 N–H and O–H groups in total. The molecule has 2 aromatic rings. The van der Waals surface area contributed by atoms with E-state index in [4.69, 9.17) is 23.1 Å². The van der Waals surface area contributed by atoms with Gasteiger partial charge in [0.05, 0.1) is 25.7 Å². The zero-order valence-electron chi connectivity index (χ0n) is 18.4. The quantitative estimate of drug-likeness (QED) is 0.252. The van der Waals surface area contributed by atoms with E-state index in [9.17, 15) is 18.2 Å². The molecule has 172 valence electrons. The van der Waals surface area contributed by atoms with Crippen LogP contribution in [0.15, 0.2) is 60.7 Å². The van der Waals surface area contributed by atoms with Crippen LogP contribution in [0.5, 0.6) is 0 Å². The maximum absolute atomic E-state index is 11.5. The molecule has 3 rings (SSSR count). The Morgan fingerprint density at radius 3 is 1.91 bits per heavy atom.